The van der Waals surface area contributed by atoms with Crippen LogP contribution in [-0.2, 0) is 15.6 Å². The Morgan fingerprint density at radius 1 is 1.07 bits per heavy atom. The monoisotopic (exact) mass is 792 g/mol. The molecule has 0 N–H and O–H groups in total. The maximum Gasteiger partial charge on any atom is 0.410 e. The van der Waals surface area contributed by atoms with Crippen molar-refractivity contribution in [3.63, 3.8) is 0 Å². The number of nitrogens with zero attached hydrogens (tertiary/aromatic N) is 6. The third kappa shape index (κ3) is 8.63. The Labute approximate surface area is 329 Å². The smallest absolute Gasteiger partial charge is 0.410 e. The largest absolute Gasteiger partial charge is 0.444 e. The van der Waals surface area contributed by atoms with E-state index in [-0.39, 0.29) is 50.5 Å². The van der Waals surface area contributed by atoms with Gasteiger partial charge in [-0.05, 0) is 88.9 Å². The van der Waals surface area contributed by atoms with Crippen LogP contribution in [0.1, 0.15) is 96.8 Å². The van der Waals surface area contributed by atoms with Gasteiger partial charge in [0.25, 0.3) is 0 Å². The molecule has 3 aromatic heterocycles. The number of hydrogen-bond donors (Lipinski definition) is 0. The average molecular weight is 793 g/mol. The van der Waals surface area contributed by atoms with Crippen LogP contribution in [0, 0.1) is 5.82 Å². The van der Waals surface area contributed by atoms with Gasteiger partial charge in [-0.3, -0.25) is 9.78 Å². The summed E-state index contributed by atoms with van der Waals surface area (Å²) in [5.41, 5.74) is 0.847. The fourth-order valence-corrected chi connectivity index (χ4v) is 7.91. The SMILES string of the molecule is CC(C)c1nccc(CCO[Si](C)(C)C(C)(C)C)c1-n1c(=O)nc(N2C[C@@H](C)N(C(=O)OC(C)(C)C)C[C@@H]2C)c2cc(Cl)c(-c3c(F)cccc3C=O)nc21. The van der Waals surface area contributed by atoms with Crippen molar-refractivity contribution in [1.82, 2.24) is 24.4 Å². The molecule has 1 aliphatic heterocycles. The number of carbonyl (C=O) groups is 2. The zero-order chi connectivity index (χ0) is 40.8. The maximum atomic E-state index is 15.6. The Kier molecular flexibility index (Phi) is 12.0. The summed E-state index contributed by atoms with van der Waals surface area (Å²) in [5, 5.41) is 0.508. The van der Waals surface area contributed by atoms with E-state index in [1.165, 1.54) is 22.8 Å². The van der Waals surface area contributed by atoms with Gasteiger partial charge in [-0.2, -0.15) is 4.98 Å². The lowest BCUT2D eigenvalue weighted by atomic mass is 10.0. The number of pyridine rings is 2. The van der Waals surface area contributed by atoms with Gasteiger partial charge >= 0.3 is 11.8 Å². The molecule has 1 saturated heterocycles. The predicted octanol–water partition coefficient (Wildman–Crippen LogP) is 8.97. The number of piperazine rings is 1. The second-order valence-corrected chi connectivity index (χ2v) is 22.5. The Hall–Kier alpha value is -4.20. The molecule has 0 bridgehead atoms. The van der Waals surface area contributed by atoms with Crippen LogP contribution in [0.3, 0.4) is 0 Å². The summed E-state index contributed by atoms with van der Waals surface area (Å²) in [6, 6.07) is 7.07. The van der Waals surface area contributed by atoms with Gasteiger partial charge in [-0.1, -0.05) is 58.4 Å². The van der Waals surface area contributed by atoms with Gasteiger partial charge in [0.15, 0.2) is 20.3 Å². The van der Waals surface area contributed by atoms with Crippen LogP contribution in [0.4, 0.5) is 15.0 Å². The molecular weight excluding hydrogens is 739 g/mol. The number of hydrogen-bond acceptors (Lipinski definition) is 9. The van der Waals surface area contributed by atoms with E-state index in [0.29, 0.717) is 55.0 Å². The normalized spacial score (nSPS) is 16.9. The topological polar surface area (TPSA) is 120 Å². The summed E-state index contributed by atoms with van der Waals surface area (Å²) in [4.78, 5) is 58.2. The Morgan fingerprint density at radius 2 is 1.76 bits per heavy atom. The van der Waals surface area contributed by atoms with Crippen molar-refractivity contribution in [1.29, 1.82) is 0 Å². The van der Waals surface area contributed by atoms with Crippen LogP contribution in [0.2, 0.25) is 23.2 Å². The molecule has 0 unspecified atom stereocenters. The number of rotatable bonds is 9. The van der Waals surface area contributed by atoms with Crippen molar-refractivity contribution in [2.75, 3.05) is 24.6 Å². The molecule has 14 heteroatoms. The highest BCUT2D eigenvalue weighted by Gasteiger charge is 2.38. The van der Waals surface area contributed by atoms with Crippen LogP contribution in [0.15, 0.2) is 41.3 Å². The molecule has 0 spiro atoms. The predicted molar refractivity (Wildman–Crippen MR) is 219 cm³/mol. The van der Waals surface area contributed by atoms with Crippen molar-refractivity contribution < 1.29 is 23.1 Å². The lowest BCUT2D eigenvalue weighted by Gasteiger charge is -2.44. The van der Waals surface area contributed by atoms with Gasteiger partial charge in [-0.25, -0.2) is 23.5 Å². The van der Waals surface area contributed by atoms with Crippen LogP contribution in [0.25, 0.3) is 28.0 Å². The van der Waals surface area contributed by atoms with Crippen molar-refractivity contribution in [2.45, 2.75) is 117 Å². The number of ether oxygens (including phenoxy) is 1. The number of carbonyl (C=O) groups excluding carboxylic acids is 2. The molecule has 1 amide bonds. The Bertz CT molecular complexity index is 2160. The summed E-state index contributed by atoms with van der Waals surface area (Å²) in [5.74, 6) is -0.475. The van der Waals surface area contributed by atoms with E-state index in [2.05, 4.69) is 33.9 Å². The van der Waals surface area contributed by atoms with Crippen molar-refractivity contribution in [3.8, 4) is 16.9 Å². The quantitative estimate of drug-likeness (QED) is 0.121. The Balaban J connectivity index is 1.77. The Morgan fingerprint density at radius 3 is 2.38 bits per heavy atom. The zero-order valence-corrected chi connectivity index (χ0v) is 35.8. The number of anilines is 1. The highest BCUT2D eigenvalue weighted by molar-refractivity contribution is 6.74. The molecule has 5 rings (SSSR count). The molecule has 4 aromatic rings. The number of benzene rings is 1. The molecule has 4 heterocycles. The molecule has 1 aromatic carbocycles. The van der Waals surface area contributed by atoms with Gasteiger partial charge in [0.2, 0.25) is 0 Å². The second kappa shape index (κ2) is 15.7. The summed E-state index contributed by atoms with van der Waals surface area (Å²) in [7, 11) is -2.10. The fraction of sp³-hybridized carbons (Fsp3) is 0.512. The molecule has 55 heavy (non-hydrogen) atoms. The minimum atomic E-state index is -2.10. The summed E-state index contributed by atoms with van der Waals surface area (Å²) >= 11 is 6.97. The molecular formula is C41H54ClFN6O5Si. The molecule has 11 nitrogen and oxygen atoms in total. The minimum Gasteiger partial charge on any atom is -0.444 e. The standard InChI is InChI=1S/C41H54ClFN6O5Si/c1-24(2)33-35(27(16-18-44-33)17-19-53-55(11,12)41(8,9)10)49-37-29(20-30(42)34(45-37)32-28(23-50)14-13-15-31(32)43)36(46-38(49)51)47-21-26(4)48(22-25(47)3)39(52)54-40(5,6)7/h13-16,18,20,23-26H,17,19,21-22H2,1-12H3/t25-,26+/m0/s1. The fourth-order valence-electron chi connectivity index (χ4n) is 6.61. The van der Waals surface area contributed by atoms with Gasteiger partial charge in [0.05, 0.1) is 27.5 Å². The number of fused-ring (bicyclic) bond motifs is 1. The van der Waals surface area contributed by atoms with E-state index in [0.717, 1.165) is 5.56 Å². The van der Waals surface area contributed by atoms with Crippen LogP contribution in [-0.4, -0.2) is 82.5 Å². The summed E-state index contributed by atoms with van der Waals surface area (Å²) in [6.45, 7) is 25.3. The molecule has 1 aliphatic rings. The minimum absolute atomic E-state index is 0.00372. The highest BCUT2D eigenvalue weighted by atomic mass is 35.5. The molecule has 0 saturated carbocycles. The molecule has 2 atom stereocenters. The van der Waals surface area contributed by atoms with Gasteiger partial charge < -0.3 is 19.0 Å². The first kappa shape index (κ1) is 41.9. The van der Waals surface area contributed by atoms with Gasteiger partial charge in [-0.15, -0.1) is 0 Å². The third-order valence-corrected chi connectivity index (χ3v) is 15.4. The molecule has 1 fully saturated rings. The number of amides is 1. The highest BCUT2D eigenvalue weighted by Crippen LogP contribution is 2.39. The average Bonchev–Trinajstić information content (AvgIpc) is 3.07. The second-order valence-electron chi connectivity index (χ2n) is 17.3. The number of halogens is 2. The van der Waals surface area contributed by atoms with Crippen molar-refractivity contribution >= 4 is 49.1 Å². The van der Waals surface area contributed by atoms with Crippen molar-refractivity contribution in [3.05, 3.63) is 74.7 Å². The number of aromatic nitrogens is 4. The molecule has 0 radical (unpaired) electrons. The molecule has 296 valence electrons. The lowest BCUT2D eigenvalue weighted by Crippen LogP contribution is -2.59. The van der Waals surface area contributed by atoms with Gasteiger partial charge in [0, 0.05) is 49.1 Å². The maximum absolute atomic E-state index is 15.6. The third-order valence-electron chi connectivity index (χ3n) is 10.5. The van der Waals surface area contributed by atoms with E-state index in [1.54, 1.807) is 17.2 Å². The first-order chi connectivity index (χ1) is 25.6. The van der Waals surface area contributed by atoms with E-state index in [9.17, 15) is 14.4 Å². The zero-order valence-electron chi connectivity index (χ0n) is 34.1. The van der Waals surface area contributed by atoms with Crippen LogP contribution < -0.4 is 10.6 Å². The number of aldehydes is 1. The first-order valence-electron chi connectivity index (χ1n) is 18.8. The first-order valence-corrected chi connectivity index (χ1v) is 22.1. The van der Waals surface area contributed by atoms with E-state index in [1.807, 2.05) is 59.4 Å². The van der Waals surface area contributed by atoms with Crippen LogP contribution in [0.5, 0.6) is 0 Å². The van der Waals surface area contributed by atoms with E-state index in [4.69, 9.17) is 35.7 Å². The van der Waals surface area contributed by atoms with E-state index < -0.39 is 31.5 Å². The van der Waals surface area contributed by atoms with Gasteiger partial charge in [0.1, 0.15) is 17.2 Å². The summed E-state index contributed by atoms with van der Waals surface area (Å²) < 4.78 is 29.3. The lowest BCUT2D eigenvalue weighted by molar-refractivity contribution is 0.0130. The van der Waals surface area contributed by atoms with Crippen LogP contribution >= 0.6 is 11.6 Å². The van der Waals surface area contributed by atoms with E-state index >= 15 is 4.39 Å². The summed E-state index contributed by atoms with van der Waals surface area (Å²) in [6.07, 6.45) is 2.34. The van der Waals surface area contributed by atoms with Crippen molar-refractivity contribution in [2.24, 2.45) is 0 Å². The molecule has 0 aliphatic carbocycles.